The second kappa shape index (κ2) is 9.89. The van der Waals surface area contributed by atoms with Crippen LogP contribution in [0.15, 0.2) is 42.5 Å². The van der Waals surface area contributed by atoms with Crippen LogP contribution in [0, 0.1) is 5.41 Å². The highest BCUT2D eigenvalue weighted by Crippen LogP contribution is 2.38. The van der Waals surface area contributed by atoms with Crippen molar-refractivity contribution in [2.75, 3.05) is 19.7 Å². The number of hydroxylamine groups is 1. The minimum Gasteiger partial charge on any atom is -0.395 e. The molecule has 0 saturated heterocycles. The van der Waals surface area contributed by atoms with E-state index in [1.165, 1.54) is 0 Å². The molecule has 4 N–H and O–H groups in total. The molecule has 8 nitrogen and oxygen atoms in total. The van der Waals surface area contributed by atoms with Crippen LogP contribution in [0.2, 0.25) is 0 Å². The van der Waals surface area contributed by atoms with Gasteiger partial charge in [-0.05, 0) is 28.7 Å². The van der Waals surface area contributed by atoms with Crippen molar-refractivity contribution in [1.29, 1.82) is 0 Å². The molecule has 8 heteroatoms. The molecule has 2 heterocycles. The first-order valence-corrected chi connectivity index (χ1v) is 10.7. The summed E-state index contributed by atoms with van der Waals surface area (Å²) >= 11 is 0. The number of para-hydroxylation sites is 1. The van der Waals surface area contributed by atoms with Crippen LogP contribution in [0.1, 0.15) is 37.6 Å². The average molecular weight is 441 g/mol. The number of fused-ring (bicyclic) bond motifs is 2. The quantitative estimate of drug-likeness (QED) is 0.347. The fraction of sp³-hybridized carbons (Fsp3) is 0.417. The molecule has 1 aromatic carbocycles. The lowest BCUT2D eigenvalue weighted by Crippen LogP contribution is -2.37. The Morgan fingerprint density at radius 1 is 1.38 bits per heavy atom. The first-order valence-electron chi connectivity index (χ1n) is 10.7. The van der Waals surface area contributed by atoms with Gasteiger partial charge in [-0.1, -0.05) is 50.7 Å². The molecular formula is C24H32N4O4. The lowest BCUT2D eigenvalue weighted by Gasteiger charge is -2.28. The number of carbonyl (C=O) groups excluding carboxylic acids is 1. The number of aldehydes is 1. The van der Waals surface area contributed by atoms with E-state index in [1.54, 1.807) is 11.1 Å². The van der Waals surface area contributed by atoms with Gasteiger partial charge < -0.3 is 20.3 Å². The van der Waals surface area contributed by atoms with Gasteiger partial charge in [-0.3, -0.25) is 10.2 Å². The fourth-order valence-corrected chi connectivity index (χ4v) is 3.73. The van der Waals surface area contributed by atoms with Crippen LogP contribution in [-0.2, 0) is 17.9 Å². The standard InChI is InChI=1S/C24H32N4O4/c1-16(22(31)14-30)11-21-23-19(13-27(21)28(32)9-10-29)18(12-25-15-24(2,3)4)17-7-5-6-8-20(17)26-23/h5-8,11,14,22,25,29,31-32H,1,9-10,12-13,15H2,2-4H3/b21-11-/t22-/m1/s1. The Kier molecular flexibility index (Phi) is 7.43. The van der Waals surface area contributed by atoms with Crippen LogP contribution < -0.4 is 5.32 Å². The molecule has 0 saturated carbocycles. The minimum absolute atomic E-state index is 0.00876. The third kappa shape index (κ3) is 5.23. The Morgan fingerprint density at radius 2 is 2.09 bits per heavy atom. The number of rotatable bonds is 9. The van der Waals surface area contributed by atoms with E-state index in [0.29, 0.717) is 30.8 Å². The molecule has 1 aliphatic rings. The maximum Gasteiger partial charge on any atom is 0.153 e. The lowest BCUT2D eigenvalue weighted by atomic mass is 9.96. The molecule has 1 aromatic heterocycles. The molecule has 0 unspecified atom stereocenters. The fourth-order valence-electron chi connectivity index (χ4n) is 3.73. The van der Waals surface area contributed by atoms with E-state index in [4.69, 9.17) is 4.98 Å². The Labute approximate surface area is 188 Å². The molecule has 1 aliphatic heterocycles. The highest BCUT2D eigenvalue weighted by Gasteiger charge is 2.32. The summed E-state index contributed by atoms with van der Waals surface area (Å²) in [4.78, 5) is 15.9. The van der Waals surface area contributed by atoms with Gasteiger partial charge >= 0.3 is 0 Å². The van der Waals surface area contributed by atoms with Crippen molar-refractivity contribution < 1.29 is 20.2 Å². The van der Waals surface area contributed by atoms with Crippen LogP contribution >= 0.6 is 0 Å². The van der Waals surface area contributed by atoms with Crippen molar-refractivity contribution in [2.24, 2.45) is 5.41 Å². The molecule has 0 radical (unpaired) electrons. The zero-order valence-corrected chi connectivity index (χ0v) is 18.9. The largest absolute Gasteiger partial charge is 0.395 e. The monoisotopic (exact) mass is 440 g/mol. The van der Waals surface area contributed by atoms with E-state index < -0.39 is 6.10 Å². The number of nitrogens with zero attached hydrogens (tertiary/aromatic N) is 3. The van der Waals surface area contributed by atoms with Crippen molar-refractivity contribution in [3.63, 3.8) is 0 Å². The third-order valence-corrected chi connectivity index (χ3v) is 5.31. The van der Waals surface area contributed by atoms with Crippen molar-refractivity contribution in [1.82, 2.24) is 20.5 Å². The van der Waals surface area contributed by atoms with E-state index >= 15 is 0 Å². The zero-order valence-electron chi connectivity index (χ0n) is 18.9. The lowest BCUT2D eigenvalue weighted by molar-refractivity contribution is -0.223. The van der Waals surface area contributed by atoms with Crippen LogP contribution in [0.4, 0.5) is 0 Å². The maximum absolute atomic E-state index is 11.0. The van der Waals surface area contributed by atoms with Crippen LogP contribution in [0.5, 0.6) is 0 Å². The molecule has 0 bridgehead atoms. The third-order valence-electron chi connectivity index (χ3n) is 5.31. The molecule has 32 heavy (non-hydrogen) atoms. The van der Waals surface area contributed by atoms with Gasteiger partial charge in [0.2, 0.25) is 0 Å². The number of benzene rings is 1. The van der Waals surface area contributed by atoms with Gasteiger partial charge in [-0.2, -0.15) is 0 Å². The van der Waals surface area contributed by atoms with Gasteiger partial charge in [-0.15, -0.1) is 0 Å². The normalized spacial score (nSPS) is 16.1. The number of aliphatic hydroxyl groups excluding tert-OH is 2. The van der Waals surface area contributed by atoms with Gasteiger partial charge in [0.15, 0.2) is 6.29 Å². The van der Waals surface area contributed by atoms with Gasteiger partial charge in [0.25, 0.3) is 0 Å². The second-order valence-electron chi connectivity index (χ2n) is 9.16. The summed E-state index contributed by atoms with van der Waals surface area (Å²) in [7, 11) is 0. The van der Waals surface area contributed by atoms with E-state index in [1.807, 2.05) is 24.3 Å². The summed E-state index contributed by atoms with van der Waals surface area (Å²) in [5, 5.41) is 36.8. The summed E-state index contributed by atoms with van der Waals surface area (Å²) in [5.41, 5.74) is 4.27. The molecule has 0 fully saturated rings. The van der Waals surface area contributed by atoms with Crippen LogP contribution in [0.3, 0.4) is 0 Å². The summed E-state index contributed by atoms with van der Waals surface area (Å²) < 4.78 is 0. The molecular weight excluding hydrogens is 408 g/mol. The number of hydrazine groups is 1. The minimum atomic E-state index is -1.35. The molecule has 3 rings (SSSR count). The molecule has 0 aliphatic carbocycles. The maximum atomic E-state index is 11.0. The van der Waals surface area contributed by atoms with Gasteiger partial charge in [0, 0.05) is 24.0 Å². The molecule has 2 aromatic rings. The summed E-state index contributed by atoms with van der Waals surface area (Å²) in [6, 6.07) is 7.86. The predicted octanol–water partition coefficient (Wildman–Crippen LogP) is 2.24. The van der Waals surface area contributed by atoms with E-state index in [-0.39, 0.29) is 24.1 Å². The smallest absolute Gasteiger partial charge is 0.153 e. The number of aromatic nitrogens is 1. The highest BCUT2D eigenvalue weighted by molar-refractivity contribution is 5.88. The van der Waals surface area contributed by atoms with E-state index in [2.05, 4.69) is 32.7 Å². The van der Waals surface area contributed by atoms with Crippen LogP contribution in [-0.4, -0.2) is 62.7 Å². The molecule has 172 valence electrons. The Morgan fingerprint density at radius 3 is 2.75 bits per heavy atom. The van der Waals surface area contributed by atoms with Crippen molar-refractivity contribution >= 4 is 22.9 Å². The van der Waals surface area contributed by atoms with E-state index in [0.717, 1.165) is 33.7 Å². The number of carbonyl (C=O) groups is 1. The first kappa shape index (κ1) is 24.0. The average Bonchev–Trinajstić information content (AvgIpc) is 3.10. The Hall–Kier alpha value is -2.62. The summed E-state index contributed by atoms with van der Waals surface area (Å²) in [6.07, 6.45) is 0.603. The Balaban J connectivity index is 2.13. The number of pyridine rings is 1. The van der Waals surface area contributed by atoms with Crippen LogP contribution in [0.25, 0.3) is 16.6 Å². The SMILES string of the molecule is C=C(/C=C1/c2nc3ccccc3c(CNCC(C)(C)C)c2CN1N(O)CCO)[C@H](O)C=O. The molecule has 0 spiro atoms. The topological polar surface area (TPSA) is 109 Å². The predicted molar refractivity (Wildman–Crippen MR) is 123 cm³/mol. The van der Waals surface area contributed by atoms with Crippen molar-refractivity contribution in [3.05, 3.63) is 59.3 Å². The highest BCUT2D eigenvalue weighted by atomic mass is 16.6. The van der Waals surface area contributed by atoms with Gasteiger partial charge in [0.05, 0.1) is 36.6 Å². The number of hydrogen-bond donors (Lipinski definition) is 4. The number of nitrogens with one attached hydrogen (secondary N) is 1. The summed E-state index contributed by atoms with van der Waals surface area (Å²) in [6.45, 7) is 11.8. The number of hydrogen-bond acceptors (Lipinski definition) is 8. The van der Waals surface area contributed by atoms with Crippen molar-refractivity contribution in [2.45, 2.75) is 40.0 Å². The molecule has 1 atom stereocenters. The van der Waals surface area contributed by atoms with Gasteiger partial charge in [0.1, 0.15) is 6.10 Å². The number of aliphatic hydroxyl groups is 2. The second-order valence-corrected chi connectivity index (χ2v) is 9.16. The molecule has 0 amide bonds. The first-order chi connectivity index (χ1) is 15.2. The Bertz CT molecular complexity index is 1030. The van der Waals surface area contributed by atoms with Crippen molar-refractivity contribution in [3.8, 4) is 0 Å². The zero-order chi connectivity index (χ0) is 23.5. The van der Waals surface area contributed by atoms with Gasteiger partial charge in [-0.25, -0.2) is 4.98 Å². The summed E-state index contributed by atoms with van der Waals surface area (Å²) in [5.74, 6) is 0. The van der Waals surface area contributed by atoms with E-state index in [9.17, 15) is 20.2 Å².